The molecule has 0 fully saturated rings. The van der Waals surface area contributed by atoms with Crippen molar-refractivity contribution in [1.29, 1.82) is 0 Å². The monoisotopic (exact) mass is 358 g/mol. The summed E-state index contributed by atoms with van der Waals surface area (Å²) in [7, 11) is 0. The molecule has 1 N–H and O–H groups in total. The van der Waals surface area contributed by atoms with Crippen molar-refractivity contribution >= 4 is 38.9 Å². The Labute approximate surface area is 131 Å². The van der Waals surface area contributed by atoms with Crippen LogP contribution in [-0.2, 0) is 6.42 Å². The maximum atomic E-state index is 6.14. The summed E-state index contributed by atoms with van der Waals surface area (Å²) in [6, 6.07) is 6.34. The van der Waals surface area contributed by atoms with Gasteiger partial charge in [0.15, 0.2) is 0 Å². The van der Waals surface area contributed by atoms with Crippen molar-refractivity contribution in [3.63, 3.8) is 0 Å². The Balaban J connectivity index is 2.20. The zero-order chi connectivity index (χ0) is 13.7. The van der Waals surface area contributed by atoms with Gasteiger partial charge in [0, 0.05) is 33.0 Å². The summed E-state index contributed by atoms with van der Waals surface area (Å²) in [5.74, 6) is 0. The second-order valence-electron chi connectivity index (χ2n) is 4.38. The van der Waals surface area contributed by atoms with E-state index in [1.54, 1.807) is 11.3 Å². The van der Waals surface area contributed by atoms with E-state index in [0.29, 0.717) is 0 Å². The Bertz CT molecular complexity index is 496. The summed E-state index contributed by atoms with van der Waals surface area (Å²) in [5, 5.41) is 4.34. The van der Waals surface area contributed by atoms with Crippen LogP contribution in [0.3, 0.4) is 0 Å². The normalized spacial score (nSPS) is 12.6. The molecule has 0 aliphatic carbocycles. The molecule has 0 aliphatic rings. The minimum atomic E-state index is 0.274. The summed E-state index contributed by atoms with van der Waals surface area (Å²) in [6.45, 7) is 3.16. The van der Waals surface area contributed by atoms with Crippen molar-refractivity contribution in [1.82, 2.24) is 10.3 Å². The van der Waals surface area contributed by atoms with Gasteiger partial charge in [0.05, 0.1) is 5.51 Å². The number of rotatable bonds is 6. The fraction of sp³-hybridized carbons (Fsp3) is 0.357. The summed E-state index contributed by atoms with van der Waals surface area (Å²) < 4.78 is 1.02. The molecule has 1 unspecified atom stereocenters. The minimum absolute atomic E-state index is 0.274. The van der Waals surface area contributed by atoms with E-state index >= 15 is 0 Å². The average Bonchev–Trinajstić information content (AvgIpc) is 2.86. The summed E-state index contributed by atoms with van der Waals surface area (Å²) in [4.78, 5) is 5.42. The Morgan fingerprint density at radius 3 is 2.89 bits per heavy atom. The zero-order valence-electron chi connectivity index (χ0n) is 10.7. The lowest BCUT2D eigenvalue weighted by Gasteiger charge is -2.19. The molecular weight excluding hydrogens is 344 g/mol. The maximum Gasteiger partial charge on any atom is 0.0794 e. The topological polar surface area (TPSA) is 24.9 Å². The Kier molecular flexibility index (Phi) is 5.82. The zero-order valence-corrected chi connectivity index (χ0v) is 13.9. The van der Waals surface area contributed by atoms with Gasteiger partial charge in [-0.15, -0.1) is 11.3 Å². The van der Waals surface area contributed by atoms with E-state index in [2.05, 4.69) is 39.2 Å². The number of halogens is 2. The highest BCUT2D eigenvalue weighted by molar-refractivity contribution is 9.10. The molecule has 2 nitrogen and oxygen atoms in total. The predicted octanol–water partition coefficient (Wildman–Crippen LogP) is 4.84. The first-order chi connectivity index (χ1) is 9.19. The second kappa shape index (κ2) is 7.39. The largest absolute Gasteiger partial charge is 0.310 e. The van der Waals surface area contributed by atoms with Crippen molar-refractivity contribution in [3.8, 4) is 0 Å². The third-order valence-corrected chi connectivity index (χ3v) is 4.29. The number of nitrogens with one attached hydrogen (secondary N) is 1. The van der Waals surface area contributed by atoms with Crippen molar-refractivity contribution in [2.24, 2.45) is 0 Å². The molecule has 19 heavy (non-hydrogen) atoms. The van der Waals surface area contributed by atoms with Gasteiger partial charge >= 0.3 is 0 Å². The van der Waals surface area contributed by atoms with Crippen LogP contribution in [0.4, 0.5) is 0 Å². The van der Waals surface area contributed by atoms with Crippen molar-refractivity contribution in [3.05, 3.63) is 49.8 Å². The number of nitrogens with zero attached hydrogens (tertiary/aromatic N) is 1. The molecule has 0 aliphatic heterocycles. The Morgan fingerprint density at radius 2 is 2.26 bits per heavy atom. The van der Waals surface area contributed by atoms with Gasteiger partial charge in [-0.05, 0) is 36.7 Å². The first kappa shape index (κ1) is 15.0. The molecule has 2 rings (SSSR count). The van der Waals surface area contributed by atoms with Crippen LogP contribution in [0.1, 0.15) is 29.8 Å². The highest BCUT2D eigenvalue weighted by Crippen LogP contribution is 2.26. The summed E-state index contributed by atoms with van der Waals surface area (Å²) >= 11 is 11.3. The molecule has 1 aromatic heterocycles. The lowest BCUT2D eigenvalue weighted by molar-refractivity contribution is 0.532. The standard InChI is InChI=1S/C14H16BrClN2S/c1-2-3-18-14(7-13-8-17-9-19-13)10-4-11(15)6-12(16)5-10/h4-6,8-9,14,18H,2-3,7H2,1H3. The first-order valence-corrected chi connectivity index (χ1v) is 8.31. The lowest BCUT2D eigenvalue weighted by atomic mass is 10.0. The van der Waals surface area contributed by atoms with E-state index in [4.69, 9.17) is 11.6 Å². The van der Waals surface area contributed by atoms with Crippen LogP contribution in [0.2, 0.25) is 5.02 Å². The highest BCUT2D eigenvalue weighted by atomic mass is 79.9. The molecule has 1 heterocycles. The predicted molar refractivity (Wildman–Crippen MR) is 86.0 cm³/mol. The molecule has 1 aromatic carbocycles. The first-order valence-electron chi connectivity index (χ1n) is 6.25. The third-order valence-electron chi connectivity index (χ3n) is 2.82. The van der Waals surface area contributed by atoms with E-state index in [1.807, 2.05) is 23.8 Å². The van der Waals surface area contributed by atoms with Crippen LogP contribution in [0.5, 0.6) is 0 Å². The van der Waals surface area contributed by atoms with Gasteiger partial charge < -0.3 is 5.32 Å². The number of benzene rings is 1. The third kappa shape index (κ3) is 4.56. The molecule has 0 saturated carbocycles. The molecular formula is C14H16BrClN2S. The minimum Gasteiger partial charge on any atom is -0.310 e. The number of aromatic nitrogens is 1. The molecule has 0 amide bonds. The maximum absolute atomic E-state index is 6.14. The molecule has 2 aromatic rings. The van der Waals surface area contributed by atoms with E-state index in [0.717, 1.165) is 28.9 Å². The van der Waals surface area contributed by atoms with Crippen LogP contribution in [0, 0.1) is 0 Å². The van der Waals surface area contributed by atoms with E-state index < -0.39 is 0 Å². The van der Waals surface area contributed by atoms with Gasteiger partial charge in [0.2, 0.25) is 0 Å². The number of thiazole rings is 1. The van der Waals surface area contributed by atoms with Gasteiger partial charge in [-0.2, -0.15) is 0 Å². The van der Waals surface area contributed by atoms with Crippen molar-refractivity contribution in [2.45, 2.75) is 25.8 Å². The van der Waals surface area contributed by atoms with Gasteiger partial charge in [-0.3, -0.25) is 4.98 Å². The smallest absolute Gasteiger partial charge is 0.0794 e. The fourth-order valence-corrected chi connectivity index (χ4v) is 3.47. The molecule has 1 atom stereocenters. The van der Waals surface area contributed by atoms with Crippen LogP contribution in [0.25, 0.3) is 0 Å². The molecule has 0 spiro atoms. The van der Waals surface area contributed by atoms with Crippen LogP contribution < -0.4 is 5.32 Å². The van der Waals surface area contributed by atoms with E-state index in [1.165, 1.54) is 10.4 Å². The number of hydrogen-bond acceptors (Lipinski definition) is 3. The lowest BCUT2D eigenvalue weighted by Crippen LogP contribution is -2.23. The van der Waals surface area contributed by atoms with Crippen LogP contribution in [0.15, 0.2) is 34.4 Å². The fourth-order valence-electron chi connectivity index (χ4n) is 1.95. The molecule has 0 radical (unpaired) electrons. The van der Waals surface area contributed by atoms with Gasteiger partial charge in [-0.25, -0.2) is 0 Å². The average molecular weight is 360 g/mol. The number of hydrogen-bond donors (Lipinski definition) is 1. The van der Waals surface area contributed by atoms with Crippen LogP contribution in [-0.4, -0.2) is 11.5 Å². The molecule has 0 bridgehead atoms. The Hall–Kier alpha value is -0.420. The van der Waals surface area contributed by atoms with E-state index in [-0.39, 0.29) is 6.04 Å². The SMILES string of the molecule is CCCNC(Cc1cncs1)c1cc(Cl)cc(Br)c1. The quantitative estimate of drug-likeness (QED) is 0.798. The highest BCUT2D eigenvalue weighted by Gasteiger charge is 2.13. The molecule has 102 valence electrons. The summed E-state index contributed by atoms with van der Waals surface area (Å²) in [5.41, 5.74) is 3.08. The van der Waals surface area contributed by atoms with Gasteiger partial charge in [-0.1, -0.05) is 34.5 Å². The van der Waals surface area contributed by atoms with Gasteiger partial charge in [0.1, 0.15) is 0 Å². The van der Waals surface area contributed by atoms with Gasteiger partial charge in [0.25, 0.3) is 0 Å². The van der Waals surface area contributed by atoms with Crippen molar-refractivity contribution in [2.75, 3.05) is 6.54 Å². The Morgan fingerprint density at radius 1 is 1.42 bits per heavy atom. The van der Waals surface area contributed by atoms with Crippen LogP contribution >= 0.6 is 38.9 Å². The second-order valence-corrected chi connectivity index (χ2v) is 6.70. The molecule has 0 saturated heterocycles. The van der Waals surface area contributed by atoms with E-state index in [9.17, 15) is 0 Å². The summed E-state index contributed by atoms with van der Waals surface area (Å²) in [6.07, 6.45) is 3.99. The molecule has 5 heteroatoms. The van der Waals surface area contributed by atoms with Crippen molar-refractivity contribution < 1.29 is 0 Å².